The van der Waals surface area contributed by atoms with Gasteiger partial charge in [-0.15, -0.1) is 0 Å². The first kappa shape index (κ1) is 27.2. The minimum absolute atomic E-state index is 0.0227. The van der Waals surface area contributed by atoms with E-state index in [0.29, 0.717) is 17.7 Å². The Balaban J connectivity index is 0.00000103. The molecule has 2 aromatic carbocycles. The van der Waals surface area contributed by atoms with Gasteiger partial charge < -0.3 is 11.1 Å². The summed E-state index contributed by atoms with van der Waals surface area (Å²) in [5.74, 6) is -0.810. The van der Waals surface area contributed by atoms with Gasteiger partial charge in [0.15, 0.2) is 0 Å². The van der Waals surface area contributed by atoms with Crippen LogP contribution in [-0.2, 0) is 13.6 Å². The fourth-order valence-corrected chi connectivity index (χ4v) is 3.38. The van der Waals surface area contributed by atoms with Crippen LogP contribution in [0.4, 0.5) is 10.2 Å². The Bertz CT molecular complexity index is 1250. The van der Waals surface area contributed by atoms with Crippen molar-refractivity contribution < 1.29 is 9.18 Å². The molecule has 4 aromatic rings. The number of nitrogen functional groups attached to an aromatic ring is 1. The van der Waals surface area contributed by atoms with Crippen LogP contribution >= 0.6 is 0 Å². The van der Waals surface area contributed by atoms with E-state index in [9.17, 15) is 9.18 Å². The third-order valence-corrected chi connectivity index (χ3v) is 5.29. The second-order valence-corrected chi connectivity index (χ2v) is 7.29. The molecule has 0 saturated carbocycles. The lowest BCUT2D eigenvalue weighted by molar-refractivity contribution is 0.0947. The summed E-state index contributed by atoms with van der Waals surface area (Å²) in [5.41, 5.74) is 10.9. The molecule has 1 amide bonds. The van der Waals surface area contributed by atoms with Crippen LogP contribution in [0.3, 0.4) is 0 Å². The molecule has 0 atom stereocenters. The summed E-state index contributed by atoms with van der Waals surface area (Å²) in [4.78, 5) is 16.7. The minimum Gasteiger partial charge on any atom is -0.383 e. The Kier molecular flexibility index (Phi) is 10.1. The molecule has 2 heterocycles. The lowest BCUT2D eigenvalue weighted by atomic mass is 10.00. The second kappa shape index (κ2) is 13.0. The molecular weight excluding hydrogens is 441 g/mol. The van der Waals surface area contributed by atoms with Gasteiger partial charge in [-0.05, 0) is 36.2 Å². The molecule has 0 bridgehead atoms. The number of aryl methyl sites for hydroxylation is 1. The molecule has 0 unspecified atom stereocenters. The molecule has 6 nitrogen and oxygen atoms in total. The first-order chi connectivity index (χ1) is 16.9. The van der Waals surface area contributed by atoms with Crippen molar-refractivity contribution in [2.75, 3.05) is 5.73 Å². The van der Waals surface area contributed by atoms with Crippen LogP contribution in [0.5, 0.6) is 0 Å². The summed E-state index contributed by atoms with van der Waals surface area (Å²) < 4.78 is 16.6. The van der Waals surface area contributed by atoms with Crippen molar-refractivity contribution in [1.29, 1.82) is 0 Å². The number of amides is 1. The Morgan fingerprint density at radius 3 is 2.26 bits per heavy atom. The summed E-state index contributed by atoms with van der Waals surface area (Å²) in [6.45, 7) is 10.3. The molecule has 4 rings (SSSR count). The summed E-state index contributed by atoms with van der Waals surface area (Å²) in [7, 11) is 1.86. The third-order valence-electron chi connectivity index (χ3n) is 5.29. The first-order valence-corrected chi connectivity index (χ1v) is 11.8. The highest BCUT2D eigenvalue weighted by molar-refractivity contribution is 5.95. The Hall–Kier alpha value is -4.00. The van der Waals surface area contributed by atoms with Crippen LogP contribution < -0.4 is 11.1 Å². The highest BCUT2D eigenvalue weighted by atomic mass is 19.1. The van der Waals surface area contributed by atoms with Crippen molar-refractivity contribution in [1.82, 2.24) is 20.1 Å². The van der Waals surface area contributed by atoms with E-state index in [0.717, 1.165) is 22.4 Å². The van der Waals surface area contributed by atoms with Crippen molar-refractivity contribution >= 4 is 11.7 Å². The van der Waals surface area contributed by atoms with E-state index in [1.807, 2.05) is 78.1 Å². The van der Waals surface area contributed by atoms with E-state index in [1.54, 1.807) is 23.1 Å². The lowest BCUT2D eigenvalue weighted by Crippen LogP contribution is -2.23. The molecule has 7 heteroatoms. The number of halogens is 1. The monoisotopic (exact) mass is 475 g/mol. The van der Waals surface area contributed by atoms with Crippen LogP contribution in [-0.4, -0.2) is 20.7 Å². The Labute approximate surface area is 207 Å². The van der Waals surface area contributed by atoms with Gasteiger partial charge in [-0.2, -0.15) is 5.10 Å². The number of nitrogens with one attached hydrogen (secondary N) is 1. The number of aromatic nitrogens is 3. The standard InChI is InChI=1S/C24H22FN5O.2C2H6/c1-15-21(14-29-30(15)2)18-10-20(23(26)27-13-18)17-8-9-19(22(25)11-17)24(31)28-12-16-6-4-3-5-7-16;2*1-2/h3-11,13-14H,12H2,1-2H3,(H2,26,27)(H,28,31);2*1-2H3. The molecule has 35 heavy (non-hydrogen) atoms. The average molecular weight is 476 g/mol. The summed E-state index contributed by atoms with van der Waals surface area (Å²) in [5, 5.41) is 7.00. The van der Waals surface area contributed by atoms with Gasteiger partial charge in [-0.3, -0.25) is 9.48 Å². The molecular formula is C28H34FN5O. The summed E-state index contributed by atoms with van der Waals surface area (Å²) >= 11 is 0. The maximum absolute atomic E-state index is 14.8. The van der Waals surface area contributed by atoms with Crippen LogP contribution in [0.15, 0.2) is 67.0 Å². The van der Waals surface area contributed by atoms with Gasteiger partial charge in [-0.25, -0.2) is 9.37 Å². The van der Waals surface area contributed by atoms with Crippen molar-refractivity contribution in [3.8, 4) is 22.3 Å². The Morgan fingerprint density at radius 2 is 1.66 bits per heavy atom. The Morgan fingerprint density at radius 1 is 0.971 bits per heavy atom. The van der Waals surface area contributed by atoms with Crippen LogP contribution in [0.1, 0.15) is 49.3 Å². The zero-order chi connectivity index (χ0) is 26.0. The van der Waals surface area contributed by atoms with Crippen LogP contribution in [0, 0.1) is 12.7 Å². The summed E-state index contributed by atoms with van der Waals surface area (Å²) in [6.07, 6.45) is 3.43. The number of rotatable bonds is 5. The number of nitrogens with zero attached hydrogens (tertiary/aromatic N) is 3. The molecule has 0 aliphatic rings. The molecule has 0 aliphatic carbocycles. The van der Waals surface area contributed by atoms with E-state index < -0.39 is 11.7 Å². The molecule has 0 radical (unpaired) electrons. The predicted octanol–water partition coefficient (Wildman–Crippen LogP) is 6.16. The van der Waals surface area contributed by atoms with Crippen molar-refractivity contribution in [3.05, 3.63) is 89.6 Å². The highest BCUT2D eigenvalue weighted by Gasteiger charge is 2.15. The third kappa shape index (κ3) is 6.53. The summed E-state index contributed by atoms with van der Waals surface area (Å²) in [6, 6.07) is 15.8. The van der Waals surface area contributed by atoms with Gasteiger partial charge in [0.25, 0.3) is 5.91 Å². The number of benzene rings is 2. The zero-order valence-electron chi connectivity index (χ0n) is 21.3. The number of pyridine rings is 1. The quantitative estimate of drug-likeness (QED) is 0.362. The molecule has 184 valence electrons. The predicted molar refractivity (Wildman–Crippen MR) is 141 cm³/mol. The van der Waals surface area contributed by atoms with Crippen LogP contribution in [0.25, 0.3) is 22.3 Å². The van der Waals surface area contributed by atoms with Crippen molar-refractivity contribution in [2.24, 2.45) is 7.05 Å². The largest absolute Gasteiger partial charge is 0.383 e. The molecule has 3 N–H and O–H groups in total. The van der Waals surface area contributed by atoms with Gasteiger partial charge in [0.1, 0.15) is 11.6 Å². The topological polar surface area (TPSA) is 85.8 Å². The van der Waals surface area contributed by atoms with Gasteiger partial charge >= 0.3 is 0 Å². The van der Waals surface area contributed by atoms with E-state index in [-0.39, 0.29) is 11.4 Å². The zero-order valence-corrected chi connectivity index (χ0v) is 21.3. The maximum Gasteiger partial charge on any atom is 0.254 e. The lowest BCUT2D eigenvalue weighted by Gasteiger charge is -2.11. The van der Waals surface area contributed by atoms with E-state index in [2.05, 4.69) is 15.4 Å². The highest BCUT2D eigenvalue weighted by Crippen LogP contribution is 2.31. The minimum atomic E-state index is -0.620. The average Bonchev–Trinajstić information content (AvgIpc) is 3.23. The van der Waals surface area contributed by atoms with Gasteiger partial charge in [0, 0.05) is 42.2 Å². The molecule has 0 saturated heterocycles. The molecule has 2 aromatic heterocycles. The number of nitrogens with two attached hydrogens (primary N) is 1. The molecule has 0 fully saturated rings. The fourth-order valence-electron chi connectivity index (χ4n) is 3.38. The second-order valence-electron chi connectivity index (χ2n) is 7.29. The number of hydrogen-bond acceptors (Lipinski definition) is 4. The molecule has 0 aliphatic heterocycles. The maximum atomic E-state index is 14.8. The van der Waals surface area contributed by atoms with Crippen molar-refractivity contribution in [2.45, 2.75) is 41.2 Å². The number of carbonyl (C=O) groups excluding carboxylic acids is 1. The van der Waals surface area contributed by atoms with Gasteiger partial charge in [0.2, 0.25) is 0 Å². The number of carbonyl (C=O) groups is 1. The van der Waals surface area contributed by atoms with Gasteiger partial charge in [0.05, 0.1) is 11.8 Å². The SMILES string of the molecule is CC.CC.Cc1c(-c2cnc(N)c(-c3ccc(C(=O)NCc4ccccc4)c(F)c3)c2)cnn1C. The fraction of sp³-hybridized carbons (Fsp3) is 0.250. The normalized spacial score (nSPS) is 9.91. The number of hydrogen-bond donors (Lipinski definition) is 2. The smallest absolute Gasteiger partial charge is 0.254 e. The van der Waals surface area contributed by atoms with Crippen molar-refractivity contribution in [3.63, 3.8) is 0 Å². The van der Waals surface area contributed by atoms with Gasteiger partial charge in [-0.1, -0.05) is 64.1 Å². The van der Waals surface area contributed by atoms with E-state index in [4.69, 9.17) is 5.73 Å². The number of anilines is 1. The van der Waals surface area contributed by atoms with Crippen LogP contribution in [0.2, 0.25) is 0 Å². The molecule has 0 spiro atoms. The van der Waals surface area contributed by atoms with E-state index >= 15 is 0 Å². The van der Waals surface area contributed by atoms with E-state index in [1.165, 1.54) is 12.1 Å². The first-order valence-electron chi connectivity index (χ1n) is 11.8.